The van der Waals surface area contributed by atoms with Crippen LogP contribution in [0.4, 0.5) is 5.69 Å². The van der Waals surface area contributed by atoms with Crippen molar-refractivity contribution in [2.24, 2.45) is 0 Å². The number of nitrogens with zero attached hydrogens (tertiary/aromatic N) is 2. The van der Waals surface area contributed by atoms with Crippen molar-refractivity contribution in [2.45, 2.75) is 0 Å². The van der Waals surface area contributed by atoms with Gasteiger partial charge in [-0.2, -0.15) is 0 Å². The number of hydrogen-bond donors (Lipinski definition) is 1. The molecule has 1 aliphatic rings. The number of benzene rings is 2. The highest BCUT2D eigenvalue weighted by Gasteiger charge is 2.21. The van der Waals surface area contributed by atoms with Gasteiger partial charge in [-0.05, 0) is 24.3 Å². The van der Waals surface area contributed by atoms with Crippen LogP contribution in [-0.2, 0) is 4.79 Å². The van der Waals surface area contributed by atoms with Gasteiger partial charge in [-0.15, -0.1) is 0 Å². The van der Waals surface area contributed by atoms with Crippen molar-refractivity contribution < 1.29 is 4.79 Å². The summed E-state index contributed by atoms with van der Waals surface area (Å²) in [6, 6.07) is 13.0. The number of rotatable bonds is 5. The maximum Gasteiger partial charge on any atom is 0.241 e. The zero-order valence-corrected chi connectivity index (χ0v) is 17.0. The van der Waals surface area contributed by atoms with Gasteiger partial charge in [0, 0.05) is 48.1 Å². The van der Waals surface area contributed by atoms with E-state index in [0.717, 1.165) is 24.3 Å². The Morgan fingerprint density at radius 1 is 0.963 bits per heavy atom. The van der Waals surface area contributed by atoms with E-state index in [9.17, 15) is 4.79 Å². The van der Waals surface area contributed by atoms with Crippen molar-refractivity contribution in [3.63, 3.8) is 0 Å². The maximum absolute atomic E-state index is 12.5. The number of halogens is 3. The number of carbonyl (C=O) groups is 1. The molecule has 0 bridgehead atoms. The van der Waals surface area contributed by atoms with Crippen LogP contribution in [0.25, 0.3) is 5.70 Å². The van der Waals surface area contributed by atoms with Crippen LogP contribution in [0.15, 0.2) is 49.0 Å². The molecule has 1 saturated heterocycles. The van der Waals surface area contributed by atoms with Gasteiger partial charge >= 0.3 is 0 Å². The highest BCUT2D eigenvalue weighted by Crippen LogP contribution is 2.27. The van der Waals surface area contributed by atoms with Gasteiger partial charge in [-0.25, -0.2) is 0 Å². The van der Waals surface area contributed by atoms with Gasteiger partial charge < -0.3 is 15.1 Å². The quantitative estimate of drug-likeness (QED) is 0.764. The van der Waals surface area contributed by atoms with Gasteiger partial charge in [0.2, 0.25) is 5.91 Å². The lowest BCUT2D eigenvalue weighted by molar-refractivity contribution is -0.130. The Morgan fingerprint density at radius 3 is 2.33 bits per heavy atom. The molecule has 4 nitrogen and oxygen atoms in total. The van der Waals surface area contributed by atoms with Crippen LogP contribution in [0.3, 0.4) is 0 Å². The molecule has 0 saturated carbocycles. The summed E-state index contributed by atoms with van der Waals surface area (Å²) in [6.07, 6.45) is 0. The van der Waals surface area contributed by atoms with Crippen LogP contribution >= 0.6 is 34.8 Å². The molecule has 0 spiro atoms. The molecular weight excluding hydrogens is 405 g/mol. The molecule has 142 valence electrons. The summed E-state index contributed by atoms with van der Waals surface area (Å²) in [4.78, 5) is 16.5. The van der Waals surface area contributed by atoms with Crippen LogP contribution in [0.1, 0.15) is 5.56 Å². The molecule has 2 aromatic carbocycles. The predicted octanol–water partition coefficient (Wildman–Crippen LogP) is 4.56. The molecule has 27 heavy (non-hydrogen) atoms. The molecule has 0 radical (unpaired) electrons. The third-order valence-electron chi connectivity index (χ3n) is 4.55. The highest BCUT2D eigenvalue weighted by molar-refractivity contribution is 6.42. The minimum Gasteiger partial charge on any atom is -0.376 e. The smallest absolute Gasteiger partial charge is 0.241 e. The molecule has 2 aromatic rings. The average molecular weight is 425 g/mol. The first kappa shape index (κ1) is 19.9. The molecule has 7 heteroatoms. The van der Waals surface area contributed by atoms with E-state index in [4.69, 9.17) is 34.8 Å². The number of anilines is 1. The Balaban J connectivity index is 1.50. The number of piperazine rings is 1. The molecule has 1 N–H and O–H groups in total. The minimum absolute atomic E-state index is 0.0389. The van der Waals surface area contributed by atoms with E-state index in [0.29, 0.717) is 33.9 Å². The van der Waals surface area contributed by atoms with Crippen LogP contribution in [0.2, 0.25) is 15.1 Å². The van der Waals surface area contributed by atoms with E-state index in [1.807, 2.05) is 35.2 Å². The number of carbonyl (C=O) groups excluding carboxylic acids is 1. The van der Waals surface area contributed by atoms with Crippen molar-refractivity contribution in [2.75, 3.05) is 37.6 Å². The zero-order chi connectivity index (χ0) is 19.4. The molecule has 0 atom stereocenters. The molecule has 3 rings (SSSR count). The monoisotopic (exact) mass is 423 g/mol. The first-order chi connectivity index (χ1) is 13.0. The van der Waals surface area contributed by atoms with Crippen molar-refractivity contribution >= 4 is 52.1 Å². The second-order valence-electron chi connectivity index (χ2n) is 6.28. The van der Waals surface area contributed by atoms with E-state index >= 15 is 0 Å². The molecule has 1 fully saturated rings. The normalized spacial score (nSPS) is 14.2. The average Bonchev–Trinajstić information content (AvgIpc) is 2.68. The third kappa shape index (κ3) is 4.89. The summed E-state index contributed by atoms with van der Waals surface area (Å²) in [6.45, 7) is 6.96. The Kier molecular flexibility index (Phi) is 6.53. The fraction of sp³-hybridized carbons (Fsp3) is 0.250. The number of nitrogens with one attached hydrogen (secondary N) is 1. The second-order valence-corrected chi connectivity index (χ2v) is 7.50. The van der Waals surface area contributed by atoms with Crippen LogP contribution < -0.4 is 10.2 Å². The van der Waals surface area contributed by atoms with E-state index in [1.54, 1.807) is 12.1 Å². The Labute approximate surface area is 174 Å². The highest BCUT2D eigenvalue weighted by atomic mass is 35.5. The molecular formula is C20H20Cl3N3O. The molecule has 1 aliphatic heterocycles. The summed E-state index contributed by atoms with van der Waals surface area (Å²) >= 11 is 18.2. The first-order valence-electron chi connectivity index (χ1n) is 8.61. The van der Waals surface area contributed by atoms with Crippen molar-refractivity contribution in [3.05, 3.63) is 69.7 Å². The predicted molar refractivity (Wildman–Crippen MR) is 114 cm³/mol. The third-order valence-corrected chi connectivity index (χ3v) is 5.62. The molecule has 1 amide bonds. The summed E-state index contributed by atoms with van der Waals surface area (Å²) < 4.78 is 0. The van der Waals surface area contributed by atoms with Crippen LogP contribution in [-0.4, -0.2) is 43.5 Å². The summed E-state index contributed by atoms with van der Waals surface area (Å²) in [7, 11) is 0. The Bertz CT molecular complexity index is 848. The lowest BCUT2D eigenvalue weighted by Crippen LogP contribution is -2.50. The van der Waals surface area contributed by atoms with Gasteiger partial charge in [0.1, 0.15) is 0 Å². The second kappa shape index (κ2) is 8.87. The summed E-state index contributed by atoms with van der Waals surface area (Å²) in [5.74, 6) is 0.0389. The molecule has 0 unspecified atom stereocenters. The van der Waals surface area contributed by atoms with E-state index in [2.05, 4.69) is 16.8 Å². The van der Waals surface area contributed by atoms with Gasteiger partial charge in [0.15, 0.2) is 0 Å². The van der Waals surface area contributed by atoms with Crippen molar-refractivity contribution in [1.82, 2.24) is 10.2 Å². The van der Waals surface area contributed by atoms with Crippen LogP contribution in [0, 0.1) is 0 Å². The van der Waals surface area contributed by atoms with Gasteiger partial charge in [0.25, 0.3) is 0 Å². The van der Waals surface area contributed by atoms with E-state index < -0.39 is 0 Å². The largest absolute Gasteiger partial charge is 0.376 e. The molecule has 0 aromatic heterocycles. The fourth-order valence-electron chi connectivity index (χ4n) is 2.99. The fourth-order valence-corrected chi connectivity index (χ4v) is 3.53. The number of hydrogen-bond acceptors (Lipinski definition) is 3. The lowest BCUT2D eigenvalue weighted by Gasteiger charge is -2.36. The van der Waals surface area contributed by atoms with E-state index in [1.165, 1.54) is 0 Å². The van der Waals surface area contributed by atoms with Gasteiger partial charge in [0.05, 0.1) is 16.6 Å². The maximum atomic E-state index is 12.5. The van der Waals surface area contributed by atoms with Crippen molar-refractivity contribution in [3.8, 4) is 0 Å². The van der Waals surface area contributed by atoms with Crippen molar-refractivity contribution in [1.29, 1.82) is 0 Å². The minimum atomic E-state index is 0.0389. The topological polar surface area (TPSA) is 35.6 Å². The lowest BCUT2D eigenvalue weighted by atomic mass is 10.2. The SMILES string of the molecule is C=C(NCC(=O)N1CCN(c2ccc(Cl)c(Cl)c2)CC1)c1ccccc1Cl. The number of amides is 1. The first-order valence-corrected chi connectivity index (χ1v) is 9.74. The Hall–Kier alpha value is -1.88. The molecule has 0 aliphatic carbocycles. The standard InChI is InChI=1S/C20H20Cl3N3O/c1-14(16-4-2-3-5-17(16)21)24-13-20(27)26-10-8-25(9-11-26)15-6-7-18(22)19(23)12-15/h2-7,12,24H,1,8-11,13H2. The Morgan fingerprint density at radius 2 is 1.67 bits per heavy atom. The van der Waals surface area contributed by atoms with Crippen LogP contribution in [0.5, 0.6) is 0 Å². The van der Waals surface area contributed by atoms with Gasteiger partial charge in [-0.1, -0.05) is 59.6 Å². The van der Waals surface area contributed by atoms with Gasteiger partial charge in [-0.3, -0.25) is 4.79 Å². The summed E-state index contributed by atoms with van der Waals surface area (Å²) in [5.41, 5.74) is 2.46. The zero-order valence-electron chi connectivity index (χ0n) is 14.7. The summed E-state index contributed by atoms with van der Waals surface area (Å²) in [5, 5.41) is 4.76. The van der Waals surface area contributed by atoms with E-state index in [-0.39, 0.29) is 12.5 Å². The molecule has 1 heterocycles.